The number of carbonyl (C=O) groups is 2. The Kier molecular flexibility index (Phi) is 7.10. The van der Waals surface area contributed by atoms with E-state index in [4.69, 9.17) is 0 Å². The molecule has 0 aliphatic rings. The number of nitrogens with zero attached hydrogens (tertiary/aromatic N) is 1. The van der Waals surface area contributed by atoms with Crippen LogP contribution in [0.2, 0.25) is 0 Å². The van der Waals surface area contributed by atoms with Crippen molar-refractivity contribution in [2.75, 3.05) is 5.32 Å². The van der Waals surface area contributed by atoms with Gasteiger partial charge in [-0.2, -0.15) is 0 Å². The Labute approximate surface area is 220 Å². The molecule has 0 saturated carbocycles. The van der Waals surface area contributed by atoms with E-state index < -0.39 is 23.7 Å². The number of anilines is 2. The Morgan fingerprint density at radius 2 is 1.63 bits per heavy atom. The number of amides is 1. The van der Waals surface area contributed by atoms with Crippen molar-refractivity contribution in [1.29, 1.82) is 0 Å². The fourth-order valence-corrected chi connectivity index (χ4v) is 4.87. The zero-order valence-electron chi connectivity index (χ0n) is 19.8. The van der Waals surface area contributed by atoms with Gasteiger partial charge in [0.25, 0.3) is 5.91 Å². The normalized spacial score (nSPS) is 11.7. The minimum Gasteiger partial charge on any atom is -0.480 e. The molecule has 1 amide bonds. The fourth-order valence-electron chi connectivity index (χ4n) is 3.97. The number of carboxylic acid groups (broad SMARTS) is 1. The molecule has 1 atom stereocenters. The van der Waals surface area contributed by atoms with Crippen molar-refractivity contribution in [1.82, 2.24) is 10.3 Å². The van der Waals surface area contributed by atoms with E-state index in [0.29, 0.717) is 32.0 Å². The van der Waals surface area contributed by atoms with Gasteiger partial charge < -0.3 is 15.7 Å². The molecule has 0 saturated heterocycles. The van der Waals surface area contributed by atoms with Gasteiger partial charge in [0.05, 0.1) is 15.9 Å². The summed E-state index contributed by atoms with van der Waals surface area (Å²) >= 11 is 1.22. The minimum absolute atomic E-state index is 0.160. The molecule has 0 spiro atoms. The first kappa shape index (κ1) is 25.0. The molecular weight excluding hydrogens is 508 g/mol. The first-order valence-electron chi connectivity index (χ1n) is 11.7. The highest BCUT2D eigenvalue weighted by Gasteiger charge is 2.21. The fraction of sp³-hybridized carbons (Fsp3) is 0.0690. The summed E-state index contributed by atoms with van der Waals surface area (Å²) in [5.41, 5.74) is 3.21. The van der Waals surface area contributed by atoms with E-state index in [2.05, 4.69) is 15.6 Å². The number of nitrogens with one attached hydrogen (secondary N) is 2. The van der Waals surface area contributed by atoms with Crippen molar-refractivity contribution in [3.63, 3.8) is 0 Å². The molecule has 0 unspecified atom stereocenters. The minimum atomic E-state index is -1.12. The van der Waals surface area contributed by atoms with Crippen LogP contribution in [0.3, 0.4) is 0 Å². The summed E-state index contributed by atoms with van der Waals surface area (Å²) < 4.78 is 29.0. The highest BCUT2D eigenvalue weighted by molar-refractivity contribution is 7.22. The first-order valence-corrected chi connectivity index (χ1v) is 12.5. The average molecular weight is 530 g/mol. The second-order valence-corrected chi connectivity index (χ2v) is 9.61. The van der Waals surface area contributed by atoms with E-state index in [9.17, 15) is 23.5 Å². The monoisotopic (exact) mass is 529 g/mol. The third-order valence-corrected chi connectivity index (χ3v) is 6.86. The smallest absolute Gasteiger partial charge is 0.326 e. The summed E-state index contributed by atoms with van der Waals surface area (Å²) in [5, 5.41) is 15.5. The standard InChI is InChI=1S/C29H21F2N3O3S/c30-21-11-13-24-26(16-21)38-29(34-24)33-23-12-10-20(15-22(23)31)18-6-8-19(9-7-18)27(35)32-25(28(36)37)14-17-4-2-1-3-5-17/h1-13,15-16,25H,14H2,(H,32,35)(H,33,34)(H,36,37)/t25-/m0/s1. The zero-order chi connectivity index (χ0) is 26.6. The molecule has 6 nitrogen and oxygen atoms in total. The van der Waals surface area contributed by atoms with Gasteiger partial charge in [-0.05, 0) is 59.2 Å². The second-order valence-electron chi connectivity index (χ2n) is 8.58. The predicted molar refractivity (Wildman–Crippen MR) is 144 cm³/mol. The number of carbonyl (C=O) groups excluding carboxylic acids is 1. The van der Waals surface area contributed by atoms with Crippen LogP contribution in [-0.4, -0.2) is 28.0 Å². The van der Waals surface area contributed by atoms with E-state index in [-0.39, 0.29) is 17.9 Å². The number of thiazole rings is 1. The SMILES string of the molecule is O=C(N[C@@H](Cc1ccccc1)C(=O)O)c1ccc(-c2ccc(Nc3nc4ccc(F)cc4s3)c(F)c2)cc1. The Balaban J connectivity index is 1.27. The van der Waals surface area contributed by atoms with Crippen molar-refractivity contribution in [3.8, 4) is 11.1 Å². The molecule has 5 aromatic rings. The number of hydrogen-bond donors (Lipinski definition) is 3. The van der Waals surface area contributed by atoms with Crippen LogP contribution in [0.15, 0.2) is 91.0 Å². The van der Waals surface area contributed by atoms with Crippen molar-refractivity contribution in [2.24, 2.45) is 0 Å². The van der Waals surface area contributed by atoms with Crippen LogP contribution >= 0.6 is 11.3 Å². The van der Waals surface area contributed by atoms with Gasteiger partial charge in [-0.25, -0.2) is 18.6 Å². The molecule has 0 aliphatic heterocycles. The Morgan fingerprint density at radius 1 is 0.895 bits per heavy atom. The molecule has 1 heterocycles. The molecule has 0 fully saturated rings. The van der Waals surface area contributed by atoms with Crippen molar-refractivity contribution in [2.45, 2.75) is 12.5 Å². The molecule has 0 bridgehead atoms. The Bertz CT molecular complexity index is 1620. The number of carboxylic acids is 1. The molecule has 9 heteroatoms. The summed E-state index contributed by atoms with van der Waals surface area (Å²) in [6.07, 6.45) is 0.160. The van der Waals surface area contributed by atoms with Crippen LogP contribution in [0, 0.1) is 11.6 Å². The molecule has 4 aromatic carbocycles. The van der Waals surface area contributed by atoms with Crippen LogP contribution in [0.25, 0.3) is 21.3 Å². The van der Waals surface area contributed by atoms with Gasteiger partial charge in [0.1, 0.15) is 17.7 Å². The first-order chi connectivity index (χ1) is 18.4. The van der Waals surface area contributed by atoms with Crippen molar-refractivity contribution in [3.05, 3.63) is 114 Å². The molecule has 38 heavy (non-hydrogen) atoms. The number of aliphatic carboxylic acids is 1. The van der Waals surface area contributed by atoms with Gasteiger partial charge in [0, 0.05) is 12.0 Å². The maximum atomic E-state index is 14.9. The number of hydrogen-bond acceptors (Lipinski definition) is 5. The Morgan fingerprint density at radius 3 is 2.34 bits per heavy atom. The van der Waals surface area contributed by atoms with Crippen LogP contribution in [-0.2, 0) is 11.2 Å². The number of halogens is 2. The van der Waals surface area contributed by atoms with Gasteiger partial charge in [-0.1, -0.05) is 59.9 Å². The third-order valence-electron chi connectivity index (χ3n) is 5.93. The number of rotatable bonds is 8. The summed E-state index contributed by atoms with van der Waals surface area (Å²) in [5.74, 6) is -2.50. The van der Waals surface area contributed by atoms with E-state index in [1.807, 2.05) is 18.2 Å². The molecule has 0 aliphatic carbocycles. The topological polar surface area (TPSA) is 91.3 Å². The van der Waals surface area contributed by atoms with Crippen LogP contribution < -0.4 is 10.6 Å². The largest absolute Gasteiger partial charge is 0.480 e. The van der Waals surface area contributed by atoms with Crippen LogP contribution in [0.4, 0.5) is 19.6 Å². The summed E-state index contributed by atoms with van der Waals surface area (Å²) in [6.45, 7) is 0. The highest BCUT2D eigenvalue weighted by Crippen LogP contribution is 2.31. The number of fused-ring (bicyclic) bond motifs is 1. The number of aromatic nitrogens is 1. The van der Waals surface area contributed by atoms with Crippen molar-refractivity contribution < 1.29 is 23.5 Å². The van der Waals surface area contributed by atoms with E-state index in [0.717, 1.165) is 5.56 Å². The average Bonchev–Trinajstić information content (AvgIpc) is 3.31. The van der Waals surface area contributed by atoms with E-state index in [1.54, 1.807) is 54.6 Å². The molecule has 5 rings (SSSR count). The van der Waals surface area contributed by atoms with Gasteiger partial charge in [-0.15, -0.1) is 0 Å². The third kappa shape index (κ3) is 5.68. The molecular formula is C29H21F2N3O3S. The summed E-state index contributed by atoms with van der Waals surface area (Å²) in [6, 6.07) is 23.4. The van der Waals surface area contributed by atoms with Gasteiger partial charge in [0.2, 0.25) is 0 Å². The zero-order valence-corrected chi connectivity index (χ0v) is 20.6. The summed E-state index contributed by atoms with van der Waals surface area (Å²) in [7, 11) is 0. The molecule has 3 N–H and O–H groups in total. The lowest BCUT2D eigenvalue weighted by Crippen LogP contribution is -2.42. The lowest BCUT2D eigenvalue weighted by molar-refractivity contribution is -0.139. The van der Waals surface area contributed by atoms with Gasteiger partial charge in [0.15, 0.2) is 5.13 Å². The van der Waals surface area contributed by atoms with Crippen LogP contribution in [0.1, 0.15) is 15.9 Å². The summed E-state index contributed by atoms with van der Waals surface area (Å²) in [4.78, 5) is 28.7. The second kappa shape index (κ2) is 10.8. The quantitative estimate of drug-likeness (QED) is 0.216. The van der Waals surface area contributed by atoms with Crippen molar-refractivity contribution >= 4 is 44.2 Å². The predicted octanol–water partition coefficient (Wildman–Crippen LogP) is 6.41. The van der Waals surface area contributed by atoms with Gasteiger partial charge >= 0.3 is 5.97 Å². The maximum Gasteiger partial charge on any atom is 0.326 e. The van der Waals surface area contributed by atoms with E-state index in [1.165, 1.54) is 29.5 Å². The lowest BCUT2D eigenvalue weighted by atomic mass is 10.0. The highest BCUT2D eigenvalue weighted by atomic mass is 32.1. The maximum absolute atomic E-state index is 14.9. The molecule has 1 aromatic heterocycles. The number of benzene rings is 4. The molecule has 0 radical (unpaired) electrons. The van der Waals surface area contributed by atoms with Gasteiger partial charge in [-0.3, -0.25) is 4.79 Å². The van der Waals surface area contributed by atoms with E-state index >= 15 is 0 Å². The Hall–Kier alpha value is -4.63. The molecule has 190 valence electrons. The van der Waals surface area contributed by atoms with Crippen LogP contribution in [0.5, 0.6) is 0 Å². The lowest BCUT2D eigenvalue weighted by Gasteiger charge is -2.15.